The van der Waals surface area contributed by atoms with E-state index in [0.717, 1.165) is 37.7 Å². The van der Waals surface area contributed by atoms with Gasteiger partial charge in [-0.3, -0.25) is 4.79 Å². The zero-order valence-electron chi connectivity index (χ0n) is 12.1. The number of allylic oxidation sites excluding steroid dienone is 5. The standard InChI is InChI=1S/C17H26O/c1-5-9-10-15-14(8-4)16(18)13-17(15,11-6-2)12-7-3/h8-10H,4-7,11-13H2,1-3H3/b10-9-. The highest BCUT2D eigenvalue weighted by Crippen LogP contribution is 2.49. The molecule has 1 aliphatic carbocycles. The molecule has 0 N–H and O–H groups in total. The summed E-state index contributed by atoms with van der Waals surface area (Å²) < 4.78 is 0. The van der Waals surface area contributed by atoms with Crippen molar-refractivity contribution in [2.45, 2.75) is 59.3 Å². The lowest BCUT2D eigenvalue weighted by Gasteiger charge is -2.30. The van der Waals surface area contributed by atoms with Gasteiger partial charge >= 0.3 is 0 Å². The minimum absolute atomic E-state index is 0.0791. The summed E-state index contributed by atoms with van der Waals surface area (Å²) in [5, 5.41) is 0. The average Bonchev–Trinajstić information content (AvgIpc) is 2.59. The Morgan fingerprint density at radius 3 is 2.28 bits per heavy atom. The first-order valence-corrected chi connectivity index (χ1v) is 7.22. The van der Waals surface area contributed by atoms with Gasteiger partial charge in [-0.15, -0.1) is 0 Å². The van der Waals surface area contributed by atoms with Crippen LogP contribution in [0.3, 0.4) is 0 Å². The first kappa shape index (κ1) is 14.9. The molecule has 1 nitrogen and oxygen atoms in total. The van der Waals surface area contributed by atoms with Gasteiger partial charge in [0.15, 0.2) is 5.78 Å². The number of hydrogen-bond acceptors (Lipinski definition) is 1. The number of carbonyl (C=O) groups is 1. The predicted molar refractivity (Wildman–Crippen MR) is 78.5 cm³/mol. The maximum Gasteiger partial charge on any atom is 0.164 e. The van der Waals surface area contributed by atoms with E-state index in [1.807, 2.05) is 0 Å². The molecular weight excluding hydrogens is 220 g/mol. The quantitative estimate of drug-likeness (QED) is 0.618. The van der Waals surface area contributed by atoms with Gasteiger partial charge in [0.1, 0.15) is 0 Å². The number of rotatable bonds is 7. The van der Waals surface area contributed by atoms with Crippen LogP contribution in [0, 0.1) is 5.41 Å². The van der Waals surface area contributed by atoms with Crippen LogP contribution in [0.1, 0.15) is 59.3 Å². The van der Waals surface area contributed by atoms with E-state index in [4.69, 9.17) is 0 Å². The summed E-state index contributed by atoms with van der Waals surface area (Å²) in [7, 11) is 0. The SMILES string of the molecule is C=CC1=C(/C=C\CC)C(CCC)(CCC)CC1=O. The maximum absolute atomic E-state index is 12.2. The Morgan fingerprint density at radius 2 is 1.83 bits per heavy atom. The van der Waals surface area contributed by atoms with Gasteiger partial charge in [0.05, 0.1) is 0 Å². The molecule has 0 heterocycles. The molecule has 0 amide bonds. The molecule has 0 aliphatic heterocycles. The summed E-state index contributed by atoms with van der Waals surface area (Å²) in [6, 6.07) is 0. The molecule has 1 rings (SSSR count). The fourth-order valence-electron chi connectivity index (χ4n) is 3.19. The Hall–Kier alpha value is -1.11. The summed E-state index contributed by atoms with van der Waals surface area (Å²) in [5.74, 6) is 0.280. The van der Waals surface area contributed by atoms with Crippen molar-refractivity contribution < 1.29 is 4.79 Å². The summed E-state index contributed by atoms with van der Waals surface area (Å²) in [4.78, 5) is 12.2. The Kier molecular flexibility index (Phi) is 5.58. The van der Waals surface area contributed by atoms with E-state index in [9.17, 15) is 4.79 Å². The van der Waals surface area contributed by atoms with Crippen LogP contribution in [0.2, 0.25) is 0 Å². The number of ketones is 1. The first-order valence-electron chi connectivity index (χ1n) is 7.22. The Morgan fingerprint density at radius 1 is 1.22 bits per heavy atom. The van der Waals surface area contributed by atoms with E-state index < -0.39 is 0 Å². The van der Waals surface area contributed by atoms with Crippen LogP contribution in [0.15, 0.2) is 36.0 Å². The fraction of sp³-hybridized carbons (Fsp3) is 0.588. The van der Waals surface area contributed by atoms with Crippen molar-refractivity contribution in [3.63, 3.8) is 0 Å². The molecule has 0 atom stereocenters. The second-order valence-electron chi connectivity index (χ2n) is 5.22. The zero-order chi connectivity index (χ0) is 13.6. The second-order valence-corrected chi connectivity index (χ2v) is 5.22. The molecule has 0 aromatic rings. The topological polar surface area (TPSA) is 17.1 Å². The first-order chi connectivity index (χ1) is 8.65. The lowest BCUT2D eigenvalue weighted by Crippen LogP contribution is -2.20. The van der Waals surface area contributed by atoms with Gasteiger partial charge in [-0.2, -0.15) is 0 Å². The Labute approximate surface area is 112 Å². The van der Waals surface area contributed by atoms with Gasteiger partial charge in [-0.25, -0.2) is 0 Å². The molecule has 0 unspecified atom stereocenters. The second kappa shape index (κ2) is 6.72. The van der Waals surface area contributed by atoms with E-state index in [0.29, 0.717) is 6.42 Å². The molecule has 0 saturated carbocycles. The van der Waals surface area contributed by atoms with Gasteiger partial charge in [0.2, 0.25) is 0 Å². The van der Waals surface area contributed by atoms with Crippen molar-refractivity contribution >= 4 is 5.78 Å². The van der Waals surface area contributed by atoms with Crippen molar-refractivity contribution in [1.29, 1.82) is 0 Å². The van der Waals surface area contributed by atoms with Crippen LogP contribution in [0.5, 0.6) is 0 Å². The lowest BCUT2D eigenvalue weighted by atomic mass is 9.73. The zero-order valence-corrected chi connectivity index (χ0v) is 12.1. The van der Waals surface area contributed by atoms with Crippen molar-refractivity contribution in [2.24, 2.45) is 5.41 Å². The minimum Gasteiger partial charge on any atom is -0.294 e. The third-order valence-electron chi connectivity index (χ3n) is 3.84. The third-order valence-corrected chi connectivity index (χ3v) is 3.84. The molecule has 0 saturated heterocycles. The molecule has 0 bridgehead atoms. The summed E-state index contributed by atoms with van der Waals surface area (Å²) >= 11 is 0. The van der Waals surface area contributed by atoms with Gasteiger partial charge in [0, 0.05) is 17.4 Å². The number of Topliss-reactive ketones (excluding diaryl/α,β-unsaturated/α-hetero) is 1. The molecule has 0 radical (unpaired) electrons. The maximum atomic E-state index is 12.2. The van der Waals surface area contributed by atoms with Crippen LogP contribution in [0.25, 0.3) is 0 Å². The lowest BCUT2D eigenvalue weighted by molar-refractivity contribution is -0.115. The van der Waals surface area contributed by atoms with Crippen molar-refractivity contribution in [3.8, 4) is 0 Å². The van der Waals surface area contributed by atoms with Gasteiger partial charge in [0.25, 0.3) is 0 Å². The van der Waals surface area contributed by atoms with Crippen LogP contribution < -0.4 is 0 Å². The molecular formula is C17H26O. The Balaban J connectivity index is 3.24. The molecule has 18 heavy (non-hydrogen) atoms. The highest BCUT2D eigenvalue weighted by atomic mass is 16.1. The Bertz CT molecular complexity index is 365. The smallest absolute Gasteiger partial charge is 0.164 e. The molecule has 100 valence electrons. The number of carbonyl (C=O) groups excluding carboxylic acids is 1. The van der Waals surface area contributed by atoms with Gasteiger partial charge in [-0.05, 0) is 24.8 Å². The molecule has 0 aromatic heterocycles. The van der Waals surface area contributed by atoms with Crippen molar-refractivity contribution in [1.82, 2.24) is 0 Å². The van der Waals surface area contributed by atoms with Gasteiger partial charge < -0.3 is 0 Å². The molecule has 0 aromatic carbocycles. The molecule has 1 aliphatic rings. The van der Waals surface area contributed by atoms with Crippen molar-refractivity contribution in [3.05, 3.63) is 36.0 Å². The van der Waals surface area contributed by atoms with E-state index >= 15 is 0 Å². The fourth-order valence-corrected chi connectivity index (χ4v) is 3.19. The van der Waals surface area contributed by atoms with E-state index in [1.165, 1.54) is 5.57 Å². The average molecular weight is 246 g/mol. The minimum atomic E-state index is 0.0791. The van der Waals surface area contributed by atoms with E-state index in [-0.39, 0.29) is 11.2 Å². The van der Waals surface area contributed by atoms with E-state index in [1.54, 1.807) is 6.08 Å². The molecule has 0 fully saturated rings. The third kappa shape index (κ3) is 2.82. The summed E-state index contributed by atoms with van der Waals surface area (Å²) in [6.45, 7) is 10.4. The summed E-state index contributed by atoms with van der Waals surface area (Å²) in [6.07, 6.45) is 12.2. The largest absolute Gasteiger partial charge is 0.294 e. The highest BCUT2D eigenvalue weighted by molar-refractivity contribution is 6.03. The number of hydrogen-bond donors (Lipinski definition) is 0. The van der Waals surface area contributed by atoms with Crippen LogP contribution in [0.4, 0.5) is 0 Å². The van der Waals surface area contributed by atoms with Crippen molar-refractivity contribution in [2.75, 3.05) is 0 Å². The molecule has 1 heteroatoms. The van der Waals surface area contributed by atoms with E-state index in [2.05, 4.69) is 39.5 Å². The molecule has 0 spiro atoms. The van der Waals surface area contributed by atoms with Gasteiger partial charge in [-0.1, -0.05) is 58.4 Å². The summed E-state index contributed by atoms with van der Waals surface area (Å²) in [5.41, 5.74) is 2.19. The van der Waals surface area contributed by atoms with Crippen LogP contribution in [-0.2, 0) is 4.79 Å². The predicted octanol–water partition coefficient (Wildman–Crippen LogP) is 4.99. The normalized spacial score (nSPS) is 18.9. The van der Waals surface area contributed by atoms with Crippen LogP contribution >= 0.6 is 0 Å². The monoisotopic (exact) mass is 246 g/mol. The highest BCUT2D eigenvalue weighted by Gasteiger charge is 2.41. The van der Waals surface area contributed by atoms with Crippen LogP contribution in [-0.4, -0.2) is 5.78 Å².